The maximum Gasteiger partial charge on any atom is 0.312 e. The molecule has 0 spiro atoms. The number of carbonyl (C=O) groups is 3. The molecule has 0 saturated heterocycles. The largest absolute Gasteiger partial charge is 0.481 e. The number of hydrogen-bond acceptors (Lipinski definition) is 3. The van der Waals surface area contributed by atoms with Gasteiger partial charge in [-0.25, -0.2) is 4.79 Å². The Morgan fingerprint density at radius 1 is 1.58 bits per heavy atom. The van der Waals surface area contributed by atoms with Crippen molar-refractivity contribution < 1.29 is 19.5 Å². The SMILES string of the molecule is NC(=O)NC(C=O)CCC(=O)O. The Hall–Kier alpha value is -1.59. The van der Waals surface area contributed by atoms with Gasteiger partial charge in [-0.3, -0.25) is 4.79 Å². The molecule has 0 aliphatic carbocycles. The number of nitrogens with one attached hydrogen (secondary N) is 1. The molecular formula is C6H10N2O4. The summed E-state index contributed by atoms with van der Waals surface area (Å²) in [6, 6.07) is -1.64. The van der Waals surface area contributed by atoms with Crippen molar-refractivity contribution in [3.05, 3.63) is 0 Å². The molecule has 0 aromatic carbocycles. The van der Waals surface area contributed by atoms with Gasteiger partial charge in [0.15, 0.2) is 0 Å². The highest BCUT2D eigenvalue weighted by molar-refractivity contribution is 5.76. The second kappa shape index (κ2) is 5.11. The first kappa shape index (κ1) is 10.4. The lowest BCUT2D eigenvalue weighted by atomic mass is 10.2. The van der Waals surface area contributed by atoms with E-state index in [0.29, 0.717) is 6.29 Å². The lowest BCUT2D eigenvalue weighted by Crippen LogP contribution is -2.39. The van der Waals surface area contributed by atoms with Crippen LogP contribution in [-0.4, -0.2) is 29.4 Å². The van der Waals surface area contributed by atoms with Crippen LogP contribution in [0.2, 0.25) is 0 Å². The van der Waals surface area contributed by atoms with Gasteiger partial charge in [-0.1, -0.05) is 0 Å². The zero-order valence-electron chi connectivity index (χ0n) is 6.32. The van der Waals surface area contributed by atoms with Crippen LogP contribution in [0.1, 0.15) is 12.8 Å². The minimum Gasteiger partial charge on any atom is -0.481 e. The lowest BCUT2D eigenvalue weighted by Gasteiger charge is -2.07. The number of primary amides is 1. The molecule has 0 aliphatic heterocycles. The minimum absolute atomic E-state index is 0.0573. The van der Waals surface area contributed by atoms with Crippen LogP contribution in [0.3, 0.4) is 0 Å². The first-order chi connectivity index (χ1) is 5.56. The second-order valence-electron chi connectivity index (χ2n) is 2.18. The van der Waals surface area contributed by atoms with E-state index in [1.165, 1.54) is 0 Å². The molecule has 0 aliphatic rings. The van der Waals surface area contributed by atoms with E-state index >= 15 is 0 Å². The molecule has 0 bridgehead atoms. The number of rotatable bonds is 5. The summed E-state index contributed by atoms with van der Waals surface area (Å²) in [5, 5.41) is 10.3. The van der Waals surface area contributed by atoms with Gasteiger partial charge in [-0.05, 0) is 6.42 Å². The van der Waals surface area contributed by atoms with Crippen LogP contribution in [0.15, 0.2) is 0 Å². The fourth-order valence-electron chi connectivity index (χ4n) is 0.636. The monoisotopic (exact) mass is 174 g/mol. The van der Waals surface area contributed by atoms with E-state index in [4.69, 9.17) is 10.8 Å². The van der Waals surface area contributed by atoms with Gasteiger partial charge in [0.1, 0.15) is 6.29 Å². The average Bonchev–Trinajstić information content (AvgIpc) is 1.97. The van der Waals surface area contributed by atoms with Crippen molar-refractivity contribution in [2.24, 2.45) is 5.73 Å². The number of carboxylic acids is 1. The van der Waals surface area contributed by atoms with Gasteiger partial charge in [-0.2, -0.15) is 0 Å². The third kappa shape index (κ3) is 5.21. The summed E-state index contributed by atoms with van der Waals surface area (Å²) >= 11 is 0. The van der Waals surface area contributed by atoms with Gasteiger partial charge >= 0.3 is 12.0 Å². The summed E-state index contributed by atoms with van der Waals surface area (Å²) < 4.78 is 0. The summed E-state index contributed by atoms with van der Waals surface area (Å²) in [6.07, 6.45) is 0.332. The zero-order chi connectivity index (χ0) is 9.56. The van der Waals surface area contributed by atoms with Gasteiger partial charge < -0.3 is 21.0 Å². The molecule has 0 fully saturated rings. The van der Waals surface area contributed by atoms with E-state index in [9.17, 15) is 14.4 Å². The van der Waals surface area contributed by atoms with E-state index in [2.05, 4.69) is 5.32 Å². The smallest absolute Gasteiger partial charge is 0.312 e. The van der Waals surface area contributed by atoms with Gasteiger partial charge in [0.2, 0.25) is 0 Å². The number of hydrogen-bond donors (Lipinski definition) is 3. The highest BCUT2D eigenvalue weighted by Gasteiger charge is 2.10. The van der Waals surface area contributed by atoms with Gasteiger partial charge in [-0.15, -0.1) is 0 Å². The molecule has 0 radical (unpaired) electrons. The maximum absolute atomic E-state index is 10.2. The molecule has 12 heavy (non-hydrogen) atoms. The van der Waals surface area contributed by atoms with Crippen LogP contribution < -0.4 is 11.1 Å². The molecule has 0 saturated carbocycles. The summed E-state index contributed by atoms with van der Waals surface area (Å²) in [6.45, 7) is 0. The highest BCUT2D eigenvalue weighted by atomic mass is 16.4. The van der Waals surface area contributed by atoms with Crippen LogP contribution in [0.4, 0.5) is 4.79 Å². The molecule has 0 aromatic rings. The highest BCUT2D eigenvalue weighted by Crippen LogP contribution is 1.93. The van der Waals surface area contributed by atoms with Crippen LogP contribution in [0, 0.1) is 0 Å². The molecule has 1 unspecified atom stereocenters. The minimum atomic E-state index is -1.02. The van der Waals surface area contributed by atoms with Crippen LogP contribution in [-0.2, 0) is 9.59 Å². The molecule has 68 valence electrons. The second-order valence-corrected chi connectivity index (χ2v) is 2.18. The van der Waals surface area contributed by atoms with Crippen molar-refractivity contribution in [1.82, 2.24) is 5.32 Å². The third-order valence-corrected chi connectivity index (χ3v) is 1.16. The first-order valence-corrected chi connectivity index (χ1v) is 3.29. The number of amides is 2. The topological polar surface area (TPSA) is 109 Å². The van der Waals surface area contributed by atoms with E-state index in [1.807, 2.05) is 0 Å². The normalized spacial score (nSPS) is 11.7. The molecule has 6 nitrogen and oxygen atoms in total. The maximum atomic E-state index is 10.2. The van der Waals surface area contributed by atoms with E-state index < -0.39 is 18.0 Å². The summed E-state index contributed by atoms with van der Waals surface area (Å²) in [7, 11) is 0. The van der Waals surface area contributed by atoms with Crippen molar-refractivity contribution >= 4 is 18.3 Å². The standard InChI is InChI=1S/C6H10N2O4/c7-6(12)8-4(3-9)1-2-5(10)11/h3-4H,1-2H2,(H,10,11)(H3,7,8,12). The Morgan fingerprint density at radius 2 is 2.17 bits per heavy atom. The summed E-state index contributed by atoms with van der Waals surface area (Å²) in [4.78, 5) is 30.5. The Morgan fingerprint density at radius 3 is 2.50 bits per heavy atom. The Kier molecular flexibility index (Phi) is 4.43. The molecule has 4 N–H and O–H groups in total. The number of urea groups is 1. The van der Waals surface area contributed by atoms with E-state index in [0.717, 1.165) is 0 Å². The first-order valence-electron chi connectivity index (χ1n) is 3.29. The van der Waals surface area contributed by atoms with Gasteiger partial charge in [0, 0.05) is 6.42 Å². The predicted molar refractivity (Wildman–Crippen MR) is 39.4 cm³/mol. The molecule has 6 heteroatoms. The van der Waals surface area contributed by atoms with Crippen molar-refractivity contribution in [3.8, 4) is 0 Å². The lowest BCUT2D eigenvalue weighted by molar-refractivity contribution is -0.137. The van der Waals surface area contributed by atoms with Crippen LogP contribution >= 0.6 is 0 Å². The van der Waals surface area contributed by atoms with E-state index in [1.54, 1.807) is 0 Å². The fraction of sp³-hybridized carbons (Fsp3) is 0.500. The number of carboxylic acid groups (broad SMARTS) is 1. The van der Waals surface area contributed by atoms with E-state index in [-0.39, 0.29) is 12.8 Å². The van der Waals surface area contributed by atoms with Crippen LogP contribution in [0.25, 0.3) is 0 Å². The van der Waals surface area contributed by atoms with Crippen molar-refractivity contribution in [1.29, 1.82) is 0 Å². The molecule has 2 amide bonds. The van der Waals surface area contributed by atoms with Crippen molar-refractivity contribution in [2.45, 2.75) is 18.9 Å². The molecule has 0 aromatic heterocycles. The summed E-state index contributed by atoms with van der Waals surface area (Å²) in [5.74, 6) is -1.02. The Labute approximate surface area is 68.7 Å². The fourth-order valence-corrected chi connectivity index (χ4v) is 0.636. The molecule has 1 atom stereocenters. The Balaban J connectivity index is 3.75. The molecule has 0 rings (SSSR count). The van der Waals surface area contributed by atoms with Crippen molar-refractivity contribution in [2.75, 3.05) is 0 Å². The Bertz CT molecular complexity index is 192. The molecule has 0 heterocycles. The summed E-state index contributed by atoms with van der Waals surface area (Å²) in [5.41, 5.74) is 4.72. The predicted octanol–water partition coefficient (Wildman–Crippen LogP) is -0.913. The number of nitrogens with two attached hydrogens (primary N) is 1. The van der Waals surface area contributed by atoms with Crippen molar-refractivity contribution in [3.63, 3.8) is 0 Å². The zero-order valence-corrected chi connectivity index (χ0v) is 6.32. The number of carbonyl (C=O) groups excluding carboxylic acids is 2. The number of aliphatic carboxylic acids is 1. The molecular weight excluding hydrogens is 164 g/mol. The van der Waals surface area contributed by atoms with Gasteiger partial charge in [0.25, 0.3) is 0 Å². The quantitative estimate of drug-likeness (QED) is 0.468. The average molecular weight is 174 g/mol. The van der Waals surface area contributed by atoms with Gasteiger partial charge in [0.05, 0.1) is 6.04 Å². The van der Waals surface area contributed by atoms with Crippen LogP contribution in [0.5, 0.6) is 0 Å². The number of aldehydes is 1. The third-order valence-electron chi connectivity index (χ3n) is 1.16.